The summed E-state index contributed by atoms with van der Waals surface area (Å²) < 4.78 is 39.8. The summed E-state index contributed by atoms with van der Waals surface area (Å²) in [7, 11) is 0. The third kappa shape index (κ3) is 5.63. The molecule has 0 bridgehead atoms. The number of alkyl halides is 3. The second-order valence-corrected chi connectivity index (χ2v) is 9.49. The van der Waals surface area contributed by atoms with Gasteiger partial charge in [0.25, 0.3) is 0 Å². The van der Waals surface area contributed by atoms with E-state index in [0.29, 0.717) is 24.3 Å². The van der Waals surface area contributed by atoms with Gasteiger partial charge in [0.05, 0.1) is 28.7 Å². The van der Waals surface area contributed by atoms with E-state index in [0.717, 1.165) is 41.1 Å². The average Bonchev–Trinajstić information content (AvgIpc) is 3.24. The number of carbonyl (C=O) groups is 2. The number of aryl methyl sites for hydroxylation is 1. The topological polar surface area (TPSA) is 81.0 Å². The Morgan fingerprint density at radius 3 is 2.41 bits per heavy atom. The van der Waals surface area contributed by atoms with Gasteiger partial charge in [-0.15, -0.1) is 0 Å². The minimum absolute atomic E-state index is 0.0337. The van der Waals surface area contributed by atoms with Crippen LogP contribution >= 0.6 is 0 Å². The van der Waals surface area contributed by atoms with Crippen LogP contribution in [0.2, 0.25) is 0 Å². The van der Waals surface area contributed by atoms with E-state index >= 15 is 0 Å². The molecule has 0 N–H and O–H groups in total. The lowest BCUT2D eigenvalue weighted by Gasteiger charge is -2.28. The number of amides is 1. The van der Waals surface area contributed by atoms with Gasteiger partial charge in [-0.2, -0.15) is 18.3 Å². The Morgan fingerprint density at radius 2 is 1.84 bits per heavy atom. The number of aromatic nitrogens is 4. The van der Waals surface area contributed by atoms with E-state index in [4.69, 9.17) is 0 Å². The first-order valence-electron chi connectivity index (χ1n) is 12.0. The van der Waals surface area contributed by atoms with Crippen LogP contribution < -0.4 is 0 Å². The summed E-state index contributed by atoms with van der Waals surface area (Å²) >= 11 is 0. The van der Waals surface area contributed by atoms with Crippen molar-refractivity contribution in [2.24, 2.45) is 5.92 Å². The Hall–Kier alpha value is -3.82. The van der Waals surface area contributed by atoms with Crippen molar-refractivity contribution in [3.8, 4) is 5.82 Å². The predicted octanol–water partition coefficient (Wildman–Crippen LogP) is 5.00. The first kappa shape index (κ1) is 26.2. The number of pyridine rings is 2. The number of carbonyl (C=O) groups excluding carboxylic acids is 2. The van der Waals surface area contributed by atoms with Gasteiger partial charge < -0.3 is 4.90 Å². The van der Waals surface area contributed by atoms with E-state index in [1.807, 2.05) is 37.8 Å². The molecule has 0 saturated carbocycles. The highest BCUT2D eigenvalue weighted by Gasteiger charge is 2.31. The summed E-state index contributed by atoms with van der Waals surface area (Å²) in [6, 6.07) is 4.09. The smallest absolute Gasteiger partial charge is 0.338 e. The molecule has 0 aliphatic carbocycles. The Bertz CT molecular complexity index is 1360. The summed E-state index contributed by atoms with van der Waals surface area (Å²) in [5.74, 6) is 0.125. The van der Waals surface area contributed by atoms with Crippen LogP contribution in [0, 0.1) is 19.8 Å². The molecule has 1 amide bonds. The van der Waals surface area contributed by atoms with Crippen LogP contribution in [0.1, 0.15) is 58.7 Å². The quantitative estimate of drug-likeness (QED) is 0.436. The van der Waals surface area contributed by atoms with Gasteiger partial charge in [-0.05, 0) is 49.1 Å². The minimum atomic E-state index is -4.48. The van der Waals surface area contributed by atoms with Crippen molar-refractivity contribution in [3.63, 3.8) is 0 Å². The van der Waals surface area contributed by atoms with Crippen molar-refractivity contribution in [2.45, 2.75) is 46.7 Å². The lowest BCUT2D eigenvalue weighted by molar-refractivity contribution is -0.138. The SMILES string of the molecule is Cc1cc(CC(=O)c2cnn(-c3ccc(C(F)(F)F)cn3)c2C)cnc1C1=CCN(C(=O)C(C)C)CC1. The maximum Gasteiger partial charge on any atom is 0.417 e. The fraction of sp³-hybridized carbons (Fsp3) is 0.370. The van der Waals surface area contributed by atoms with Gasteiger partial charge in [0.1, 0.15) is 0 Å². The van der Waals surface area contributed by atoms with Gasteiger partial charge in [-0.3, -0.25) is 14.6 Å². The number of hydrogen-bond acceptors (Lipinski definition) is 5. The second kappa shape index (κ2) is 10.3. The molecule has 37 heavy (non-hydrogen) atoms. The largest absolute Gasteiger partial charge is 0.417 e. The third-order valence-corrected chi connectivity index (χ3v) is 6.42. The monoisotopic (exact) mass is 511 g/mol. The zero-order chi connectivity index (χ0) is 26.9. The molecule has 0 saturated heterocycles. The maximum atomic E-state index is 13.0. The molecule has 4 rings (SSSR count). The highest BCUT2D eigenvalue weighted by molar-refractivity contribution is 5.98. The Morgan fingerprint density at radius 1 is 1.08 bits per heavy atom. The molecular formula is C27H28F3N5O2. The highest BCUT2D eigenvalue weighted by Crippen LogP contribution is 2.29. The molecule has 1 aliphatic heterocycles. The normalized spacial score (nSPS) is 14.2. The van der Waals surface area contributed by atoms with E-state index < -0.39 is 11.7 Å². The first-order chi connectivity index (χ1) is 17.5. The van der Waals surface area contributed by atoms with Crippen molar-refractivity contribution in [3.05, 3.63) is 76.5 Å². The van der Waals surface area contributed by atoms with E-state index in [1.165, 1.54) is 16.9 Å². The molecule has 0 spiro atoms. The molecule has 0 aromatic carbocycles. The zero-order valence-electron chi connectivity index (χ0n) is 21.1. The maximum absolute atomic E-state index is 13.0. The molecule has 3 aromatic rings. The molecule has 0 atom stereocenters. The van der Waals surface area contributed by atoms with Gasteiger partial charge in [0.2, 0.25) is 5.91 Å². The molecule has 3 aromatic heterocycles. The summed E-state index contributed by atoms with van der Waals surface area (Å²) in [6.45, 7) is 8.63. The summed E-state index contributed by atoms with van der Waals surface area (Å²) in [5.41, 5.74) is 3.66. The zero-order valence-corrected chi connectivity index (χ0v) is 21.1. The van der Waals surface area contributed by atoms with Crippen LogP contribution in [-0.2, 0) is 17.4 Å². The Labute approximate surface area is 213 Å². The van der Waals surface area contributed by atoms with Crippen LogP contribution in [0.15, 0.2) is 42.9 Å². The van der Waals surface area contributed by atoms with Gasteiger partial charge in [0.15, 0.2) is 11.6 Å². The molecular weight excluding hydrogens is 483 g/mol. The van der Waals surface area contributed by atoms with Crippen LogP contribution in [0.5, 0.6) is 0 Å². The summed E-state index contributed by atoms with van der Waals surface area (Å²) in [5, 5.41) is 4.16. The average molecular weight is 512 g/mol. The first-order valence-corrected chi connectivity index (χ1v) is 12.0. The minimum Gasteiger partial charge on any atom is -0.338 e. The number of ketones is 1. The number of rotatable bonds is 6. The molecule has 1 aliphatic rings. The predicted molar refractivity (Wildman–Crippen MR) is 132 cm³/mol. The molecule has 10 heteroatoms. The number of Topliss-reactive ketones (excluding diaryl/α,β-unsaturated/α-hetero) is 1. The fourth-order valence-electron chi connectivity index (χ4n) is 4.39. The van der Waals surface area contributed by atoms with E-state index in [-0.39, 0.29) is 29.8 Å². The Kier molecular flexibility index (Phi) is 7.29. The van der Waals surface area contributed by atoms with Gasteiger partial charge in [-0.25, -0.2) is 9.67 Å². The number of hydrogen-bond donors (Lipinski definition) is 0. The number of halogens is 3. The van der Waals surface area contributed by atoms with Crippen LogP contribution in [0.4, 0.5) is 13.2 Å². The van der Waals surface area contributed by atoms with E-state index in [1.54, 1.807) is 13.1 Å². The molecule has 7 nitrogen and oxygen atoms in total. The van der Waals surface area contributed by atoms with Gasteiger partial charge in [-0.1, -0.05) is 26.0 Å². The molecule has 4 heterocycles. The molecule has 194 valence electrons. The van der Waals surface area contributed by atoms with Gasteiger partial charge in [0, 0.05) is 37.8 Å². The van der Waals surface area contributed by atoms with E-state index in [2.05, 4.69) is 15.1 Å². The third-order valence-electron chi connectivity index (χ3n) is 6.42. The van der Waals surface area contributed by atoms with Crippen molar-refractivity contribution >= 4 is 17.3 Å². The second-order valence-electron chi connectivity index (χ2n) is 9.49. The molecule has 0 fully saturated rings. The Balaban J connectivity index is 1.46. The van der Waals surface area contributed by atoms with Crippen molar-refractivity contribution in [2.75, 3.05) is 13.1 Å². The standard InChI is InChI=1S/C27H28F3N5O2/c1-16(2)26(37)34-9-7-20(8-10-34)25-17(3)11-19(13-32-25)12-23(36)22-15-33-35(18(22)4)24-6-5-21(14-31-24)27(28,29)30/h5-7,11,13-16H,8-10,12H2,1-4H3. The lowest BCUT2D eigenvalue weighted by Crippen LogP contribution is -2.37. The van der Waals surface area contributed by atoms with Crippen LogP contribution in [0.3, 0.4) is 0 Å². The highest BCUT2D eigenvalue weighted by atomic mass is 19.4. The van der Waals surface area contributed by atoms with Crippen LogP contribution in [-0.4, -0.2) is 49.4 Å². The van der Waals surface area contributed by atoms with Gasteiger partial charge >= 0.3 is 6.18 Å². The molecule has 0 unspecified atom stereocenters. The van der Waals surface area contributed by atoms with Crippen molar-refractivity contribution in [1.29, 1.82) is 0 Å². The lowest BCUT2D eigenvalue weighted by atomic mass is 9.97. The fourth-order valence-corrected chi connectivity index (χ4v) is 4.39. The summed E-state index contributed by atoms with van der Waals surface area (Å²) in [4.78, 5) is 35.6. The van der Waals surface area contributed by atoms with Crippen molar-refractivity contribution < 1.29 is 22.8 Å². The van der Waals surface area contributed by atoms with E-state index in [9.17, 15) is 22.8 Å². The van der Waals surface area contributed by atoms with Crippen molar-refractivity contribution in [1.82, 2.24) is 24.6 Å². The summed E-state index contributed by atoms with van der Waals surface area (Å²) in [6.07, 6.45) is 2.23. The number of nitrogens with zero attached hydrogens (tertiary/aromatic N) is 5. The van der Waals surface area contributed by atoms with Crippen LogP contribution in [0.25, 0.3) is 11.4 Å². The molecule has 0 radical (unpaired) electrons.